The van der Waals surface area contributed by atoms with E-state index in [1.807, 2.05) is 13.8 Å². The molecule has 1 saturated heterocycles. The van der Waals surface area contributed by atoms with E-state index in [2.05, 4.69) is 15.5 Å². The van der Waals surface area contributed by atoms with E-state index >= 15 is 0 Å². The van der Waals surface area contributed by atoms with Gasteiger partial charge >= 0.3 is 0 Å². The molecule has 2 aromatic rings. The lowest BCUT2D eigenvalue weighted by Gasteiger charge is -2.31. The highest BCUT2D eigenvalue weighted by atomic mass is 32.2. The number of aryl methyl sites for hydroxylation is 1. The van der Waals surface area contributed by atoms with Crippen LogP contribution in [0, 0.1) is 12.8 Å². The third-order valence-corrected chi connectivity index (χ3v) is 8.05. The predicted molar refractivity (Wildman–Crippen MR) is 108 cm³/mol. The van der Waals surface area contributed by atoms with Gasteiger partial charge in [-0.15, -0.1) is 10.2 Å². The lowest BCUT2D eigenvalue weighted by Crippen LogP contribution is -2.43. The van der Waals surface area contributed by atoms with Crippen LogP contribution in [0.15, 0.2) is 33.5 Å². The molecule has 1 aliphatic rings. The average molecular weight is 427 g/mol. The van der Waals surface area contributed by atoms with Crippen LogP contribution >= 0.6 is 23.1 Å². The van der Waals surface area contributed by atoms with Crippen LogP contribution in [0.5, 0.6) is 0 Å². The largest absolute Gasteiger partial charge is 0.300 e. The predicted octanol–water partition coefficient (Wildman–Crippen LogP) is 3.00. The molecular formula is C17H22N4O3S3. The molecule has 0 radical (unpaired) electrons. The highest BCUT2D eigenvalue weighted by Gasteiger charge is 2.33. The number of hydrogen-bond acceptors (Lipinski definition) is 7. The molecule has 146 valence electrons. The molecule has 1 N–H and O–H groups in total. The van der Waals surface area contributed by atoms with Crippen LogP contribution in [0.1, 0.15) is 25.3 Å². The Bertz CT molecular complexity index is 896. The first kappa shape index (κ1) is 20.2. The van der Waals surface area contributed by atoms with Crippen molar-refractivity contribution in [2.24, 2.45) is 5.92 Å². The van der Waals surface area contributed by atoms with Crippen molar-refractivity contribution in [2.75, 3.05) is 24.2 Å². The number of anilines is 1. The van der Waals surface area contributed by atoms with Gasteiger partial charge in [0.05, 0.1) is 10.8 Å². The standard InChI is InChI=1S/C17H22N4O3S3/c1-3-25-17-20-19-16(26-17)18-15(22)13-5-4-10-21(11-13)27(23,24)14-8-6-12(2)7-9-14/h6-9,13H,3-5,10-11H2,1-2H3,(H,18,19,22)/t13-/m0/s1. The van der Waals surface area contributed by atoms with Crippen molar-refractivity contribution in [2.45, 2.75) is 35.9 Å². The van der Waals surface area contributed by atoms with E-state index in [-0.39, 0.29) is 17.3 Å². The van der Waals surface area contributed by atoms with Gasteiger partial charge in [-0.1, -0.05) is 47.7 Å². The second kappa shape index (κ2) is 8.68. The van der Waals surface area contributed by atoms with Crippen molar-refractivity contribution < 1.29 is 13.2 Å². The maximum atomic E-state index is 12.9. The Morgan fingerprint density at radius 1 is 1.33 bits per heavy atom. The third-order valence-electron chi connectivity index (χ3n) is 4.32. The van der Waals surface area contributed by atoms with Crippen LogP contribution in [0.25, 0.3) is 0 Å². The smallest absolute Gasteiger partial charge is 0.243 e. The SMILES string of the molecule is CCSc1nnc(NC(=O)[C@H]2CCCN(S(=O)(=O)c3ccc(C)cc3)C2)s1. The number of piperidine rings is 1. The first-order valence-electron chi connectivity index (χ1n) is 8.74. The second-order valence-electron chi connectivity index (χ2n) is 6.31. The summed E-state index contributed by atoms with van der Waals surface area (Å²) in [7, 11) is -3.60. The maximum Gasteiger partial charge on any atom is 0.243 e. The molecule has 27 heavy (non-hydrogen) atoms. The summed E-state index contributed by atoms with van der Waals surface area (Å²) in [5, 5.41) is 11.2. The Balaban J connectivity index is 1.67. The van der Waals surface area contributed by atoms with E-state index in [1.165, 1.54) is 15.6 Å². The number of benzene rings is 1. The van der Waals surface area contributed by atoms with Gasteiger partial charge in [-0.05, 0) is 37.7 Å². The van der Waals surface area contributed by atoms with E-state index in [4.69, 9.17) is 0 Å². The topological polar surface area (TPSA) is 92.3 Å². The van der Waals surface area contributed by atoms with Crippen LogP contribution in [-0.2, 0) is 14.8 Å². The highest BCUT2D eigenvalue weighted by molar-refractivity contribution is 8.01. The van der Waals surface area contributed by atoms with E-state index in [0.29, 0.717) is 24.5 Å². The van der Waals surface area contributed by atoms with Gasteiger partial charge in [0.15, 0.2) is 4.34 Å². The van der Waals surface area contributed by atoms with Crippen molar-refractivity contribution >= 4 is 44.2 Å². The van der Waals surface area contributed by atoms with E-state index < -0.39 is 15.9 Å². The summed E-state index contributed by atoms with van der Waals surface area (Å²) in [5.74, 6) is 0.282. The van der Waals surface area contributed by atoms with Crippen molar-refractivity contribution in [3.05, 3.63) is 29.8 Å². The van der Waals surface area contributed by atoms with Gasteiger partial charge in [-0.25, -0.2) is 8.42 Å². The summed E-state index contributed by atoms with van der Waals surface area (Å²) >= 11 is 2.90. The van der Waals surface area contributed by atoms with E-state index in [0.717, 1.165) is 15.7 Å². The maximum absolute atomic E-state index is 12.9. The first-order valence-corrected chi connectivity index (χ1v) is 12.0. The fourth-order valence-corrected chi connectivity index (χ4v) is 6.06. The van der Waals surface area contributed by atoms with Gasteiger partial charge in [0, 0.05) is 13.1 Å². The van der Waals surface area contributed by atoms with Crippen LogP contribution in [0.2, 0.25) is 0 Å². The molecule has 0 saturated carbocycles. The van der Waals surface area contributed by atoms with Crippen molar-refractivity contribution in [3.63, 3.8) is 0 Å². The molecule has 1 aromatic carbocycles. The fourth-order valence-electron chi connectivity index (χ4n) is 2.88. The molecule has 3 rings (SSSR count). The average Bonchev–Trinajstić information content (AvgIpc) is 3.09. The number of sulfonamides is 1. The Labute approximate surface area is 167 Å². The molecular weight excluding hydrogens is 404 g/mol. The molecule has 0 aliphatic carbocycles. The van der Waals surface area contributed by atoms with Gasteiger partial charge in [-0.2, -0.15) is 4.31 Å². The van der Waals surface area contributed by atoms with Crippen molar-refractivity contribution in [1.29, 1.82) is 0 Å². The number of carbonyl (C=O) groups is 1. The summed E-state index contributed by atoms with van der Waals surface area (Å²) < 4.78 is 28.0. The first-order chi connectivity index (χ1) is 12.9. The molecule has 10 heteroatoms. The highest BCUT2D eigenvalue weighted by Crippen LogP contribution is 2.28. The number of rotatable bonds is 6. The zero-order valence-electron chi connectivity index (χ0n) is 15.2. The summed E-state index contributed by atoms with van der Waals surface area (Å²) in [6.07, 6.45) is 1.30. The Morgan fingerprint density at radius 3 is 2.78 bits per heavy atom. The lowest BCUT2D eigenvalue weighted by atomic mass is 9.99. The number of nitrogens with one attached hydrogen (secondary N) is 1. The zero-order chi connectivity index (χ0) is 19.4. The molecule has 2 heterocycles. The van der Waals surface area contributed by atoms with Crippen LogP contribution < -0.4 is 5.32 Å². The molecule has 1 atom stereocenters. The van der Waals surface area contributed by atoms with Gasteiger partial charge in [-0.3, -0.25) is 4.79 Å². The minimum Gasteiger partial charge on any atom is -0.300 e. The van der Waals surface area contributed by atoms with Crippen LogP contribution in [-0.4, -0.2) is 47.7 Å². The molecule has 1 amide bonds. The number of aromatic nitrogens is 2. The number of thioether (sulfide) groups is 1. The molecule has 1 aliphatic heterocycles. The normalized spacial score (nSPS) is 18.4. The summed E-state index contributed by atoms with van der Waals surface area (Å²) in [6, 6.07) is 6.79. The van der Waals surface area contributed by atoms with Crippen molar-refractivity contribution in [3.8, 4) is 0 Å². The minimum absolute atomic E-state index is 0.178. The van der Waals surface area contributed by atoms with Crippen LogP contribution in [0.4, 0.5) is 5.13 Å². The second-order valence-corrected chi connectivity index (χ2v) is 10.7. The van der Waals surface area contributed by atoms with Gasteiger partial charge in [0.2, 0.25) is 21.1 Å². The molecule has 0 unspecified atom stereocenters. The Morgan fingerprint density at radius 2 is 2.07 bits per heavy atom. The third kappa shape index (κ3) is 4.87. The summed E-state index contributed by atoms with van der Waals surface area (Å²) in [6.45, 7) is 4.54. The number of nitrogens with zero attached hydrogens (tertiary/aromatic N) is 3. The molecule has 7 nitrogen and oxygen atoms in total. The monoisotopic (exact) mass is 426 g/mol. The molecule has 0 spiro atoms. The summed E-state index contributed by atoms with van der Waals surface area (Å²) in [4.78, 5) is 12.9. The molecule has 0 bridgehead atoms. The number of hydrogen-bond donors (Lipinski definition) is 1. The number of carbonyl (C=O) groups excluding carboxylic acids is 1. The molecule has 1 aromatic heterocycles. The summed E-state index contributed by atoms with van der Waals surface area (Å²) in [5.41, 5.74) is 1.00. The number of amides is 1. The van der Waals surface area contributed by atoms with Crippen LogP contribution in [0.3, 0.4) is 0 Å². The van der Waals surface area contributed by atoms with Crippen molar-refractivity contribution in [1.82, 2.24) is 14.5 Å². The van der Waals surface area contributed by atoms with E-state index in [1.54, 1.807) is 36.0 Å². The van der Waals surface area contributed by atoms with E-state index in [9.17, 15) is 13.2 Å². The van der Waals surface area contributed by atoms with Gasteiger partial charge < -0.3 is 5.32 Å². The molecule has 1 fully saturated rings. The zero-order valence-corrected chi connectivity index (χ0v) is 17.7. The fraction of sp³-hybridized carbons (Fsp3) is 0.471. The Kier molecular flexibility index (Phi) is 6.51. The van der Waals surface area contributed by atoms with Gasteiger partial charge in [0.25, 0.3) is 0 Å². The lowest BCUT2D eigenvalue weighted by molar-refractivity contribution is -0.120. The minimum atomic E-state index is -3.60. The quantitative estimate of drug-likeness (QED) is 0.564. The van der Waals surface area contributed by atoms with Gasteiger partial charge in [0.1, 0.15) is 0 Å². The Hall–Kier alpha value is -1.49.